The monoisotopic (exact) mass is 255 g/mol. The first-order valence-corrected chi connectivity index (χ1v) is 5.63. The molecule has 0 aliphatic rings. The molecule has 0 aliphatic carbocycles. The van der Waals surface area contributed by atoms with E-state index in [9.17, 15) is 0 Å². The van der Waals surface area contributed by atoms with Crippen LogP contribution < -0.4 is 5.32 Å². The van der Waals surface area contributed by atoms with Gasteiger partial charge in [0.05, 0.1) is 0 Å². The van der Waals surface area contributed by atoms with Gasteiger partial charge in [0, 0.05) is 10.5 Å². The summed E-state index contributed by atoms with van der Waals surface area (Å²) in [4.78, 5) is 0. The fourth-order valence-corrected chi connectivity index (χ4v) is 1.33. The normalized spacial score (nSPS) is 13.5. The molecule has 0 aromatic heterocycles. The van der Waals surface area contributed by atoms with Gasteiger partial charge in [-0.15, -0.1) is 0 Å². The van der Waals surface area contributed by atoms with E-state index in [1.54, 1.807) is 0 Å². The molecular weight excluding hydrogens is 237 g/mol. The molecule has 10 heavy (non-hydrogen) atoms. The van der Waals surface area contributed by atoms with Crippen molar-refractivity contribution in [1.29, 1.82) is 0 Å². The lowest BCUT2D eigenvalue weighted by molar-refractivity contribution is 0.510. The van der Waals surface area contributed by atoms with Crippen molar-refractivity contribution in [2.45, 2.75) is 39.2 Å². The summed E-state index contributed by atoms with van der Waals surface area (Å²) in [6, 6.07) is 0.716. The average Bonchev–Trinajstić information content (AvgIpc) is 1.89. The Morgan fingerprint density at radius 3 is 2.70 bits per heavy atom. The molecule has 0 heterocycles. The van der Waals surface area contributed by atoms with E-state index in [0.29, 0.717) is 6.04 Å². The van der Waals surface area contributed by atoms with Crippen molar-refractivity contribution in [2.75, 3.05) is 11.0 Å². The summed E-state index contributed by atoms with van der Waals surface area (Å²) in [6.45, 7) is 5.68. The molecule has 0 aliphatic heterocycles. The Labute approximate surface area is 78.1 Å². The van der Waals surface area contributed by atoms with Crippen molar-refractivity contribution >= 4 is 22.6 Å². The maximum Gasteiger partial charge on any atom is 0.00386 e. The summed E-state index contributed by atoms with van der Waals surface area (Å²) in [5, 5.41) is 3.48. The molecular formula is C8H18IN. The average molecular weight is 255 g/mol. The van der Waals surface area contributed by atoms with Gasteiger partial charge in [-0.2, -0.15) is 0 Å². The Balaban J connectivity index is 2.97. The van der Waals surface area contributed by atoms with Crippen LogP contribution in [0.4, 0.5) is 0 Å². The first kappa shape index (κ1) is 10.7. The zero-order valence-corrected chi connectivity index (χ0v) is 9.15. The van der Waals surface area contributed by atoms with Crippen LogP contribution in [-0.2, 0) is 0 Å². The standard InChI is InChI=1S/C8H18IN/c1-3-5-8(2)10-7-4-6-9/h8,10H,3-7H2,1-2H3. The summed E-state index contributed by atoms with van der Waals surface area (Å²) in [6.07, 6.45) is 3.90. The molecule has 1 atom stereocenters. The van der Waals surface area contributed by atoms with Gasteiger partial charge in [-0.3, -0.25) is 0 Å². The molecule has 0 spiro atoms. The van der Waals surface area contributed by atoms with Gasteiger partial charge in [0.1, 0.15) is 0 Å². The van der Waals surface area contributed by atoms with Crippen molar-refractivity contribution in [3.05, 3.63) is 0 Å². The highest BCUT2D eigenvalue weighted by Gasteiger charge is 1.96. The van der Waals surface area contributed by atoms with Crippen molar-refractivity contribution in [1.82, 2.24) is 5.32 Å². The van der Waals surface area contributed by atoms with E-state index in [1.807, 2.05) is 0 Å². The Morgan fingerprint density at radius 2 is 2.20 bits per heavy atom. The van der Waals surface area contributed by atoms with Crippen molar-refractivity contribution in [3.63, 3.8) is 0 Å². The fourth-order valence-electron chi connectivity index (χ4n) is 0.950. The molecule has 2 heteroatoms. The number of nitrogens with one attached hydrogen (secondary N) is 1. The molecule has 0 rings (SSSR count). The van der Waals surface area contributed by atoms with Gasteiger partial charge in [0.25, 0.3) is 0 Å². The lowest BCUT2D eigenvalue weighted by Gasteiger charge is -2.10. The summed E-state index contributed by atoms with van der Waals surface area (Å²) in [7, 11) is 0. The van der Waals surface area contributed by atoms with Gasteiger partial charge >= 0.3 is 0 Å². The minimum absolute atomic E-state index is 0.716. The maximum absolute atomic E-state index is 3.48. The van der Waals surface area contributed by atoms with Crippen LogP contribution in [0.2, 0.25) is 0 Å². The summed E-state index contributed by atoms with van der Waals surface area (Å²) < 4.78 is 1.27. The molecule has 0 aromatic rings. The molecule has 0 fully saturated rings. The van der Waals surface area contributed by atoms with Gasteiger partial charge in [-0.1, -0.05) is 35.9 Å². The van der Waals surface area contributed by atoms with E-state index in [1.165, 1.54) is 30.2 Å². The molecule has 1 unspecified atom stereocenters. The van der Waals surface area contributed by atoms with Gasteiger partial charge < -0.3 is 5.32 Å². The van der Waals surface area contributed by atoms with Crippen molar-refractivity contribution in [3.8, 4) is 0 Å². The molecule has 0 saturated carbocycles. The number of hydrogen-bond acceptors (Lipinski definition) is 1. The van der Waals surface area contributed by atoms with Crippen LogP contribution >= 0.6 is 22.6 Å². The van der Waals surface area contributed by atoms with Crippen molar-refractivity contribution < 1.29 is 0 Å². The van der Waals surface area contributed by atoms with Crippen LogP contribution in [-0.4, -0.2) is 17.0 Å². The first-order chi connectivity index (χ1) is 4.81. The van der Waals surface area contributed by atoms with E-state index in [2.05, 4.69) is 41.8 Å². The molecule has 0 radical (unpaired) electrons. The van der Waals surface area contributed by atoms with Crippen LogP contribution in [0, 0.1) is 0 Å². The topological polar surface area (TPSA) is 12.0 Å². The lowest BCUT2D eigenvalue weighted by Crippen LogP contribution is -2.26. The zero-order valence-electron chi connectivity index (χ0n) is 6.99. The third-order valence-corrected chi connectivity index (χ3v) is 2.29. The second kappa shape index (κ2) is 7.79. The summed E-state index contributed by atoms with van der Waals surface area (Å²) >= 11 is 2.42. The molecule has 1 N–H and O–H groups in total. The number of halogens is 1. The zero-order chi connectivity index (χ0) is 7.82. The van der Waals surface area contributed by atoms with Gasteiger partial charge in [0.15, 0.2) is 0 Å². The fraction of sp³-hybridized carbons (Fsp3) is 1.00. The highest BCUT2D eigenvalue weighted by atomic mass is 127. The van der Waals surface area contributed by atoms with Gasteiger partial charge in [0.2, 0.25) is 0 Å². The molecule has 0 aromatic carbocycles. The van der Waals surface area contributed by atoms with E-state index in [4.69, 9.17) is 0 Å². The molecule has 62 valence electrons. The summed E-state index contributed by atoms with van der Waals surface area (Å²) in [5.74, 6) is 0. The Morgan fingerprint density at radius 1 is 1.50 bits per heavy atom. The van der Waals surface area contributed by atoms with Crippen LogP contribution in [0.3, 0.4) is 0 Å². The minimum atomic E-state index is 0.716. The maximum atomic E-state index is 3.48. The molecule has 0 amide bonds. The van der Waals surface area contributed by atoms with E-state index >= 15 is 0 Å². The van der Waals surface area contributed by atoms with E-state index in [0.717, 1.165) is 0 Å². The number of alkyl halides is 1. The van der Waals surface area contributed by atoms with Gasteiger partial charge in [-0.25, -0.2) is 0 Å². The molecule has 0 bridgehead atoms. The third-order valence-electron chi connectivity index (χ3n) is 1.52. The number of hydrogen-bond donors (Lipinski definition) is 1. The third kappa shape index (κ3) is 6.81. The minimum Gasteiger partial charge on any atom is -0.314 e. The predicted molar refractivity (Wildman–Crippen MR) is 55.9 cm³/mol. The highest BCUT2D eigenvalue weighted by Crippen LogP contribution is 1.95. The predicted octanol–water partition coefficient (Wildman–Crippen LogP) is 2.59. The van der Waals surface area contributed by atoms with Gasteiger partial charge in [-0.05, 0) is 26.3 Å². The SMILES string of the molecule is CCCC(C)NCCCI. The quantitative estimate of drug-likeness (QED) is 0.437. The lowest BCUT2D eigenvalue weighted by atomic mass is 10.2. The van der Waals surface area contributed by atoms with Crippen molar-refractivity contribution in [2.24, 2.45) is 0 Å². The Bertz CT molecular complexity index is 66.3. The molecule has 1 nitrogen and oxygen atoms in total. The van der Waals surface area contributed by atoms with E-state index < -0.39 is 0 Å². The smallest absolute Gasteiger partial charge is 0.00386 e. The van der Waals surface area contributed by atoms with E-state index in [-0.39, 0.29) is 0 Å². The second-order valence-corrected chi connectivity index (χ2v) is 3.77. The Kier molecular flexibility index (Phi) is 8.33. The van der Waals surface area contributed by atoms with Crippen LogP contribution in [0.1, 0.15) is 33.1 Å². The summed E-state index contributed by atoms with van der Waals surface area (Å²) in [5.41, 5.74) is 0. The largest absolute Gasteiger partial charge is 0.314 e. The Hall–Kier alpha value is 0.690. The second-order valence-electron chi connectivity index (χ2n) is 2.69. The first-order valence-electron chi connectivity index (χ1n) is 4.10. The van der Waals surface area contributed by atoms with Crippen LogP contribution in [0.15, 0.2) is 0 Å². The highest BCUT2D eigenvalue weighted by molar-refractivity contribution is 14.1. The number of rotatable bonds is 6. The molecule has 0 saturated heterocycles. The van der Waals surface area contributed by atoms with Crippen LogP contribution in [0.25, 0.3) is 0 Å². The van der Waals surface area contributed by atoms with Crippen LogP contribution in [0.5, 0.6) is 0 Å².